The zero-order chi connectivity index (χ0) is 23.2. The van der Waals surface area contributed by atoms with E-state index >= 15 is 0 Å². The summed E-state index contributed by atoms with van der Waals surface area (Å²) >= 11 is 4.91. The van der Waals surface area contributed by atoms with Crippen LogP contribution in [0.2, 0.25) is 0 Å². The minimum atomic E-state index is -0.156. The number of benzene rings is 2. The summed E-state index contributed by atoms with van der Waals surface area (Å²) in [6, 6.07) is 6.97. The Labute approximate surface area is 197 Å². The molecule has 0 atom stereocenters. The summed E-state index contributed by atoms with van der Waals surface area (Å²) in [5, 5.41) is 11.5. The molecule has 0 spiro atoms. The fraction of sp³-hybridized carbons (Fsp3) is 0.304. The van der Waals surface area contributed by atoms with E-state index in [-0.39, 0.29) is 17.2 Å². The molecule has 0 aliphatic rings. The highest BCUT2D eigenvalue weighted by Crippen LogP contribution is 2.48. The standard InChI is InChI=1S/C23H23BrN2O5S/c1-11(2)10-26-21(13-9-15(29-3)18(30-4)19(31-5)17(13)24)25-22-16(23(26)28)12-7-6-8-14(27)20(12)32-22/h6-9,11,27H,10H2,1-5H3. The molecule has 7 nitrogen and oxygen atoms in total. The van der Waals surface area contributed by atoms with Crippen molar-refractivity contribution in [3.05, 3.63) is 39.1 Å². The number of hydrogen-bond donors (Lipinski definition) is 1. The van der Waals surface area contributed by atoms with Gasteiger partial charge >= 0.3 is 0 Å². The first-order valence-electron chi connectivity index (χ1n) is 9.96. The summed E-state index contributed by atoms with van der Waals surface area (Å²) in [7, 11) is 4.62. The second-order valence-corrected chi connectivity index (χ2v) is 9.48. The van der Waals surface area contributed by atoms with Gasteiger partial charge in [-0.1, -0.05) is 26.0 Å². The van der Waals surface area contributed by atoms with Crippen LogP contribution in [0, 0.1) is 5.92 Å². The molecule has 4 rings (SSSR count). The molecule has 9 heteroatoms. The van der Waals surface area contributed by atoms with Gasteiger partial charge in [0.1, 0.15) is 16.4 Å². The quantitative estimate of drug-likeness (QED) is 0.366. The van der Waals surface area contributed by atoms with Crippen LogP contribution in [0.25, 0.3) is 31.7 Å². The summed E-state index contributed by atoms with van der Waals surface area (Å²) in [5.74, 6) is 2.16. The second-order valence-electron chi connectivity index (χ2n) is 7.69. The lowest BCUT2D eigenvalue weighted by Crippen LogP contribution is -2.25. The molecule has 0 radical (unpaired) electrons. The highest BCUT2D eigenvalue weighted by Gasteiger charge is 2.25. The Balaban J connectivity index is 2.14. The van der Waals surface area contributed by atoms with E-state index < -0.39 is 0 Å². The van der Waals surface area contributed by atoms with Crippen LogP contribution < -0.4 is 19.8 Å². The zero-order valence-electron chi connectivity index (χ0n) is 18.4. The van der Waals surface area contributed by atoms with Crippen molar-refractivity contribution in [1.29, 1.82) is 0 Å². The molecule has 1 N–H and O–H groups in total. The third-order valence-corrected chi connectivity index (χ3v) is 7.07. The Morgan fingerprint density at radius 1 is 1.16 bits per heavy atom. The van der Waals surface area contributed by atoms with Gasteiger partial charge in [-0.05, 0) is 34.0 Å². The number of hydrogen-bond acceptors (Lipinski definition) is 7. The molecular weight excluding hydrogens is 496 g/mol. The van der Waals surface area contributed by atoms with Gasteiger partial charge in [0.2, 0.25) is 5.75 Å². The van der Waals surface area contributed by atoms with Crippen molar-refractivity contribution in [2.75, 3.05) is 21.3 Å². The lowest BCUT2D eigenvalue weighted by atomic mass is 10.1. The van der Waals surface area contributed by atoms with Crippen LogP contribution >= 0.6 is 27.3 Å². The van der Waals surface area contributed by atoms with Gasteiger partial charge in [-0.15, -0.1) is 11.3 Å². The molecule has 0 unspecified atom stereocenters. The number of rotatable bonds is 6. The minimum Gasteiger partial charge on any atom is -0.506 e. The number of fused-ring (bicyclic) bond motifs is 3. The van der Waals surface area contributed by atoms with E-state index in [0.717, 1.165) is 0 Å². The number of methoxy groups -OCH3 is 3. The molecule has 0 bridgehead atoms. The van der Waals surface area contributed by atoms with Crippen molar-refractivity contribution >= 4 is 47.6 Å². The minimum absolute atomic E-state index is 0.135. The maximum Gasteiger partial charge on any atom is 0.263 e. The van der Waals surface area contributed by atoms with Gasteiger partial charge in [-0.3, -0.25) is 9.36 Å². The van der Waals surface area contributed by atoms with E-state index in [1.165, 1.54) is 18.4 Å². The predicted molar refractivity (Wildman–Crippen MR) is 131 cm³/mol. The number of aromatic nitrogens is 2. The van der Waals surface area contributed by atoms with E-state index in [0.29, 0.717) is 60.0 Å². The Kier molecular flexibility index (Phi) is 6.05. The van der Waals surface area contributed by atoms with Crippen molar-refractivity contribution in [1.82, 2.24) is 9.55 Å². The van der Waals surface area contributed by atoms with Gasteiger partial charge in [-0.25, -0.2) is 4.98 Å². The number of phenols is 1. The monoisotopic (exact) mass is 518 g/mol. The van der Waals surface area contributed by atoms with Crippen LogP contribution in [-0.4, -0.2) is 36.0 Å². The summed E-state index contributed by atoms with van der Waals surface area (Å²) in [6.45, 7) is 4.56. The van der Waals surface area contributed by atoms with Crippen molar-refractivity contribution in [3.8, 4) is 34.4 Å². The second kappa shape index (κ2) is 8.63. The number of phenolic OH excluding ortho intramolecular Hbond substituents is 1. The highest BCUT2D eigenvalue weighted by molar-refractivity contribution is 9.10. The number of aromatic hydroxyl groups is 1. The molecule has 2 heterocycles. The third-order valence-electron chi connectivity index (χ3n) is 5.16. The van der Waals surface area contributed by atoms with Crippen molar-refractivity contribution in [3.63, 3.8) is 0 Å². The maximum absolute atomic E-state index is 13.7. The Bertz CT molecular complexity index is 1390. The molecule has 32 heavy (non-hydrogen) atoms. The molecule has 4 aromatic rings. The third kappa shape index (κ3) is 3.49. The van der Waals surface area contributed by atoms with Gasteiger partial charge in [0, 0.05) is 17.5 Å². The van der Waals surface area contributed by atoms with E-state index in [9.17, 15) is 9.90 Å². The van der Waals surface area contributed by atoms with Crippen molar-refractivity contribution in [2.24, 2.45) is 5.92 Å². The predicted octanol–water partition coefficient (Wildman–Crippen LogP) is 5.43. The van der Waals surface area contributed by atoms with Crippen molar-refractivity contribution < 1.29 is 19.3 Å². The fourth-order valence-corrected chi connectivity index (χ4v) is 5.50. The van der Waals surface area contributed by atoms with Crippen LogP contribution in [0.4, 0.5) is 0 Å². The average molecular weight is 519 g/mol. The maximum atomic E-state index is 13.7. The molecule has 168 valence electrons. The first-order valence-corrected chi connectivity index (χ1v) is 11.6. The summed E-state index contributed by atoms with van der Waals surface area (Å²) in [6.07, 6.45) is 0. The lowest BCUT2D eigenvalue weighted by Gasteiger charge is -2.19. The Morgan fingerprint density at radius 2 is 1.88 bits per heavy atom. The topological polar surface area (TPSA) is 82.8 Å². The molecule has 0 aliphatic carbocycles. The average Bonchev–Trinajstić information content (AvgIpc) is 3.15. The SMILES string of the molecule is COc1cc(-c2nc3sc4c(O)cccc4c3c(=O)n2CC(C)C)c(Br)c(OC)c1OC. The van der Waals surface area contributed by atoms with Crippen LogP contribution in [0.1, 0.15) is 13.8 Å². The highest BCUT2D eigenvalue weighted by atomic mass is 79.9. The van der Waals surface area contributed by atoms with Gasteiger partial charge < -0.3 is 19.3 Å². The van der Waals surface area contributed by atoms with E-state index in [1.54, 1.807) is 37.0 Å². The first-order chi connectivity index (χ1) is 15.3. The van der Waals surface area contributed by atoms with Gasteiger partial charge in [0.05, 0.1) is 35.9 Å². The molecule has 0 saturated carbocycles. The van der Waals surface area contributed by atoms with Crippen LogP contribution in [0.15, 0.2) is 33.5 Å². The number of ether oxygens (including phenoxy) is 3. The number of nitrogens with zero attached hydrogens (tertiary/aromatic N) is 2. The molecule has 0 amide bonds. The Morgan fingerprint density at radius 3 is 2.50 bits per heavy atom. The zero-order valence-corrected chi connectivity index (χ0v) is 20.8. The van der Waals surface area contributed by atoms with E-state index in [2.05, 4.69) is 15.9 Å². The van der Waals surface area contributed by atoms with Gasteiger partial charge in [0.15, 0.2) is 11.5 Å². The molecule has 2 aromatic heterocycles. The van der Waals surface area contributed by atoms with Gasteiger partial charge in [0.25, 0.3) is 5.56 Å². The number of halogens is 1. The van der Waals surface area contributed by atoms with Crippen LogP contribution in [0.3, 0.4) is 0 Å². The van der Waals surface area contributed by atoms with Crippen LogP contribution in [0.5, 0.6) is 23.0 Å². The molecular formula is C23H23BrN2O5S. The molecule has 0 fully saturated rings. The fourth-order valence-electron chi connectivity index (χ4n) is 3.79. The van der Waals surface area contributed by atoms with Crippen LogP contribution in [-0.2, 0) is 6.54 Å². The molecule has 2 aromatic carbocycles. The Hall–Kier alpha value is -2.78. The molecule has 0 saturated heterocycles. The van der Waals surface area contributed by atoms with Crippen molar-refractivity contribution in [2.45, 2.75) is 20.4 Å². The smallest absolute Gasteiger partial charge is 0.263 e. The summed E-state index contributed by atoms with van der Waals surface area (Å²) in [4.78, 5) is 19.2. The summed E-state index contributed by atoms with van der Waals surface area (Å²) in [5.41, 5.74) is 0.483. The summed E-state index contributed by atoms with van der Waals surface area (Å²) < 4.78 is 19.5. The number of thiophene rings is 1. The van der Waals surface area contributed by atoms with Gasteiger partial charge in [-0.2, -0.15) is 0 Å². The first kappa shape index (κ1) is 22.4. The van der Waals surface area contributed by atoms with E-state index in [1.807, 2.05) is 19.9 Å². The molecule has 0 aliphatic heterocycles. The van der Waals surface area contributed by atoms with E-state index in [4.69, 9.17) is 19.2 Å². The lowest BCUT2D eigenvalue weighted by molar-refractivity contribution is 0.323. The normalized spacial score (nSPS) is 11.5. The largest absolute Gasteiger partial charge is 0.506 e.